The standard InChI is InChI=1S/C25H32N4O7/c1-3-13-35-24(30)18-27-9-11-28(12-10-27)21-6-4-5-20(17-21)26-22-8-7-19(16-23(22)29(32)33)25(31)36-15-14-34-2/h4-8,16-17,26H,3,9-15,18H2,1-2H3. The molecule has 11 nitrogen and oxygen atoms in total. The maximum Gasteiger partial charge on any atom is 0.338 e. The van der Waals surface area contributed by atoms with Crippen molar-refractivity contribution in [1.82, 2.24) is 4.90 Å². The molecule has 0 unspecified atom stereocenters. The van der Waals surface area contributed by atoms with Gasteiger partial charge in [-0.1, -0.05) is 13.0 Å². The van der Waals surface area contributed by atoms with Crippen LogP contribution in [0.25, 0.3) is 0 Å². The number of nitrogens with zero attached hydrogens (tertiary/aromatic N) is 3. The Balaban J connectivity index is 1.64. The van der Waals surface area contributed by atoms with Crippen LogP contribution in [0.2, 0.25) is 0 Å². The van der Waals surface area contributed by atoms with Crippen molar-refractivity contribution in [2.75, 3.05) is 69.9 Å². The van der Waals surface area contributed by atoms with Crippen LogP contribution in [-0.4, -0.2) is 81.4 Å². The summed E-state index contributed by atoms with van der Waals surface area (Å²) in [5.41, 5.74) is 1.77. The minimum Gasteiger partial charge on any atom is -0.465 e. The number of anilines is 3. The van der Waals surface area contributed by atoms with E-state index in [4.69, 9.17) is 14.2 Å². The van der Waals surface area contributed by atoms with Gasteiger partial charge in [-0.15, -0.1) is 0 Å². The van der Waals surface area contributed by atoms with Crippen molar-refractivity contribution in [2.24, 2.45) is 0 Å². The van der Waals surface area contributed by atoms with Gasteiger partial charge >= 0.3 is 11.9 Å². The average molecular weight is 501 g/mol. The first-order valence-electron chi connectivity index (χ1n) is 11.9. The quantitative estimate of drug-likeness (QED) is 0.201. The number of esters is 2. The highest BCUT2D eigenvalue weighted by atomic mass is 16.6. The molecule has 1 aliphatic heterocycles. The molecule has 0 bridgehead atoms. The molecule has 0 aliphatic carbocycles. The van der Waals surface area contributed by atoms with Crippen LogP contribution in [0.3, 0.4) is 0 Å². The van der Waals surface area contributed by atoms with Crippen LogP contribution in [0.1, 0.15) is 23.7 Å². The molecule has 0 saturated carbocycles. The molecule has 0 radical (unpaired) electrons. The Labute approximate surface area is 210 Å². The van der Waals surface area contributed by atoms with Crippen molar-refractivity contribution in [3.05, 3.63) is 58.1 Å². The molecule has 36 heavy (non-hydrogen) atoms. The van der Waals surface area contributed by atoms with Crippen molar-refractivity contribution in [1.29, 1.82) is 0 Å². The first-order valence-corrected chi connectivity index (χ1v) is 11.9. The van der Waals surface area contributed by atoms with Gasteiger partial charge < -0.3 is 24.4 Å². The Bertz CT molecular complexity index is 1050. The van der Waals surface area contributed by atoms with Gasteiger partial charge in [0, 0.05) is 50.7 Å². The predicted molar refractivity (Wildman–Crippen MR) is 135 cm³/mol. The summed E-state index contributed by atoms with van der Waals surface area (Å²) in [6.45, 7) is 5.93. The van der Waals surface area contributed by atoms with Gasteiger partial charge in [0.15, 0.2) is 0 Å². The summed E-state index contributed by atoms with van der Waals surface area (Å²) < 4.78 is 15.1. The molecule has 0 aromatic heterocycles. The summed E-state index contributed by atoms with van der Waals surface area (Å²) in [7, 11) is 1.49. The Hall–Kier alpha value is -3.70. The number of piperazine rings is 1. The molecule has 1 aliphatic rings. The topological polar surface area (TPSA) is 123 Å². The van der Waals surface area contributed by atoms with Crippen molar-refractivity contribution in [3.63, 3.8) is 0 Å². The molecule has 2 aromatic rings. The van der Waals surface area contributed by atoms with Crippen LogP contribution >= 0.6 is 0 Å². The number of nitrogens with one attached hydrogen (secondary N) is 1. The normalized spacial score (nSPS) is 13.8. The molecule has 194 valence electrons. The Morgan fingerprint density at radius 3 is 2.50 bits per heavy atom. The van der Waals surface area contributed by atoms with Gasteiger partial charge in [-0.05, 0) is 36.8 Å². The van der Waals surface area contributed by atoms with Crippen molar-refractivity contribution < 1.29 is 28.7 Å². The lowest BCUT2D eigenvalue weighted by Gasteiger charge is -2.35. The van der Waals surface area contributed by atoms with E-state index in [0.717, 1.165) is 38.3 Å². The zero-order chi connectivity index (χ0) is 25.9. The molecule has 0 atom stereocenters. The number of nitro groups is 1. The summed E-state index contributed by atoms with van der Waals surface area (Å²) in [4.78, 5) is 39.4. The lowest BCUT2D eigenvalue weighted by molar-refractivity contribution is -0.383. The minimum atomic E-state index is -0.651. The lowest BCUT2D eigenvalue weighted by Crippen LogP contribution is -2.48. The molecule has 1 saturated heterocycles. The van der Waals surface area contributed by atoms with Crippen molar-refractivity contribution in [3.8, 4) is 0 Å². The first kappa shape index (κ1) is 26.9. The van der Waals surface area contributed by atoms with Crippen LogP contribution in [0, 0.1) is 10.1 Å². The van der Waals surface area contributed by atoms with Crippen LogP contribution in [0.5, 0.6) is 0 Å². The second-order valence-corrected chi connectivity index (χ2v) is 8.28. The van der Waals surface area contributed by atoms with Crippen LogP contribution in [-0.2, 0) is 19.0 Å². The number of rotatable bonds is 12. The highest BCUT2D eigenvalue weighted by Crippen LogP contribution is 2.30. The molecule has 2 aromatic carbocycles. The second kappa shape index (κ2) is 13.4. The third-order valence-electron chi connectivity index (χ3n) is 5.63. The number of benzene rings is 2. The minimum absolute atomic E-state index is 0.0626. The fraction of sp³-hybridized carbons (Fsp3) is 0.440. The number of nitro benzene ring substituents is 1. The maximum absolute atomic E-state index is 12.2. The van der Waals surface area contributed by atoms with Gasteiger partial charge in [-0.2, -0.15) is 0 Å². The van der Waals surface area contributed by atoms with E-state index in [1.807, 2.05) is 31.2 Å². The van der Waals surface area contributed by atoms with Crippen LogP contribution in [0.15, 0.2) is 42.5 Å². The Morgan fingerprint density at radius 2 is 1.81 bits per heavy atom. The molecular formula is C25H32N4O7. The van der Waals surface area contributed by atoms with Gasteiger partial charge in [-0.25, -0.2) is 4.79 Å². The Kier molecular flexibility index (Phi) is 10.0. The lowest BCUT2D eigenvalue weighted by atomic mass is 10.1. The summed E-state index contributed by atoms with van der Waals surface area (Å²) >= 11 is 0. The van der Waals surface area contributed by atoms with Crippen molar-refractivity contribution in [2.45, 2.75) is 13.3 Å². The van der Waals surface area contributed by atoms with E-state index >= 15 is 0 Å². The molecule has 1 N–H and O–H groups in total. The van der Waals surface area contributed by atoms with Crippen LogP contribution in [0.4, 0.5) is 22.7 Å². The van der Waals surface area contributed by atoms with E-state index in [1.165, 1.54) is 25.3 Å². The predicted octanol–water partition coefficient (Wildman–Crippen LogP) is 3.22. The average Bonchev–Trinajstić information content (AvgIpc) is 2.88. The summed E-state index contributed by atoms with van der Waals surface area (Å²) in [6, 6.07) is 11.8. The number of methoxy groups -OCH3 is 1. The fourth-order valence-corrected chi connectivity index (χ4v) is 3.76. The zero-order valence-electron chi connectivity index (χ0n) is 20.6. The second-order valence-electron chi connectivity index (χ2n) is 8.28. The van der Waals surface area contributed by atoms with E-state index in [1.54, 1.807) is 0 Å². The zero-order valence-corrected chi connectivity index (χ0v) is 20.6. The number of ether oxygens (including phenoxy) is 3. The third kappa shape index (κ3) is 7.65. The monoisotopic (exact) mass is 500 g/mol. The Morgan fingerprint density at radius 1 is 1.03 bits per heavy atom. The first-order chi connectivity index (χ1) is 17.4. The van der Waals surface area contributed by atoms with E-state index in [9.17, 15) is 19.7 Å². The molecule has 0 amide bonds. The summed E-state index contributed by atoms with van der Waals surface area (Å²) in [5.74, 6) is -0.853. The van der Waals surface area contributed by atoms with Gasteiger partial charge in [0.1, 0.15) is 12.3 Å². The molecule has 11 heteroatoms. The van der Waals surface area contributed by atoms with Crippen molar-refractivity contribution >= 4 is 34.7 Å². The number of hydrogen-bond donors (Lipinski definition) is 1. The van der Waals surface area contributed by atoms with Gasteiger partial charge in [0.25, 0.3) is 5.69 Å². The maximum atomic E-state index is 12.2. The molecule has 0 spiro atoms. The number of carbonyl (C=O) groups excluding carboxylic acids is 2. The highest BCUT2D eigenvalue weighted by Gasteiger charge is 2.21. The van der Waals surface area contributed by atoms with E-state index in [2.05, 4.69) is 15.1 Å². The molecule has 1 heterocycles. The fourth-order valence-electron chi connectivity index (χ4n) is 3.76. The summed E-state index contributed by atoms with van der Waals surface area (Å²) in [5, 5.41) is 14.8. The van der Waals surface area contributed by atoms with Gasteiger partial charge in [0.05, 0.1) is 30.2 Å². The largest absolute Gasteiger partial charge is 0.465 e. The molecule has 3 rings (SSSR count). The van der Waals surface area contributed by atoms with E-state index in [-0.39, 0.29) is 42.7 Å². The smallest absolute Gasteiger partial charge is 0.338 e. The highest BCUT2D eigenvalue weighted by molar-refractivity contribution is 5.91. The van der Waals surface area contributed by atoms with Gasteiger partial charge in [0.2, 0.25) is 0 Å². The van der Waals surface area contributed by atoms with E-state index < -0.39 is 10.9 Å². The number of hydrogen-bond acceptors (Lipinski definition) is 10. The number of carbonyl (C=O) groups is 2. The molecule has 1 fully saturated rings. The van der Waals surface area contributed by atoms with Crippen LogP contribution < -0.4 is 10.2 Å². The molecular weight excluding hydrogens is 468 g/mol. The summed E-state index contributed by atoms with van der Waals surface area (Å²) in [6.07, 6.45) is 0.804. The van der Waals surface area contributed by atoms with Gasteiger partial charge in [-0.3, -0.25) is 19.8 Å². The van der Waals surface area contributed by atoms with E-state index in [0.29, 0.717) is 12.3 Å². The SMILES string of the molecule is CCCOC(=O)CN1CCN(c2cccc(Nc3ccc(C(=O)OCCOC)cc3[N+](=O)[O-])c2)CC1. The third-order valence-corrected chi connectivity index (χ3v) is 5.63.